The molecule has 0 aromatic heterocycles. The molecule has 2 rings (SSSR count). The fourth-order valence-electron chi connectivity index (χ4n) is 2.56. The number of aromatic carboxylic acids is 1. The van der Waals surface area contributed by atoms with Gasteiger partial charge < -0.3 is 15.3 Å². The molecule has 0 fully saturated rings. The number of nitrogens with zero attached hydrogens (tertiary/aromatic N) is 1. The molecule has 114 valence electrons. The fraction of sp³-hybridized carbons (Fsp3) is 0.500. The predicted molar refractivity (Wildman–Crippen MR) is 81.8 cm³/mol. The summed E-state index contributed by atoms with van der Waals surface area (Å²) >= 11 is 0. The van der Waals surface area contributed by atoms with Gasteiger partial charge >= 0.3 is 5.97 Å². The number of carbonyl (C=O) groups is 2. The maximum atomic E-state index is 12.3. The minimum absolute atomic E-state index is 0.113. The van der Waals surface area contributed by atoms with Crippen molar-refractivity contribution < 1.29 is 14.7 Å². The molecule has 1 aromatic carbocycles. The van der Waals surface area contributed by atoms with E-state index in [4.69, 9.17) is 5.11 Å². The average molecular weight is 290 g/mol. The van der Waals surface area contributed by atoms with E-state index in [9.17, 15) is 9.59 Å². The van der Waals surface area contributed by atoms with E-state index >= 15 is 0 Å². The number of hydrogen-bond acceptors (Lipinski definition) is 3. The van der Waals surface area contributed by atoms with Gasteiger partial charge in [0.15, 0.2) is 0 Å². The SMILES string of the molecule is CC(C)NCCCC(=O)N1CCc2cc(C(=O)O)ccc21. The number of carboxylic acids is 1. The van der Waals surface area contributed by atoms with Gasteiger partial charge in [0.2, 0.25) is 5.91 Å². The number of nitrogens with one attached hydrogen (secondary N) is 1. The van der Waals surface area contributed by atoms with Crippen LogP contribution in [0.15, 0.2) is 18.2 Å². The standard InChI is InChI=1S/C16H22N2O3/c1-11(2)17-8-3-4-15(19)18-9-7-12-10-13(16(20)21)5-6-14(12)18/h5-6,10-11,17H,3-4,7-9H2,1-2H3,(H,20,21). The van der Waals surface area contributed by atoms with Crippen molar-refractivity contribution in [1.29, 1.82) is 0 Å². The first-order chi connectivity index (χ1) is 9.99. The van der Waals surface area contributed by atoms with Crippen LogP contribution >= 0.6 is 0 Å². The normalized spacial score (nSPS) is 13.6. The Hall–Kier alpha value is -1.88. The molecule has 1 heterocycles. The van der Waals surface area contributed by atoms with Crippen LogP contribution in [0.1, 0.15) is 42.6 Å². The van der Waals surface area contributed by atoms with E-state index in [1.54, 1.807) is 23.1 Å². The quantitative estimate of drug-likeness (QED) is 0.787. The first-order valence-corrected chi connectivity index (χ1v) is 7.39. The zero-order chi connectivity index (χ0) is 15.4. The molecule has 5 heteroatoms. The lowest BCUT2D eigenvalue weighted by Crippen LogP contribution is -2.30. The lowest BCUT2D eigenvalue weighted by Gasteiger charge is -2.17. The van der Waals surface area contributed by atoms with E-state index in [0.717, 1.165) is 30.6 Å². The smallest absolute Gasteiger partial charge is 0.335 e. The van der Waals surface area contributed by atoms with Crippen molar-refractivity contribution in [1.82, 2.24) is 5.32 Å². The first-order valence-electron chi connectivity index (χ1n) is 7.39. The van der Waals surface area contributed by atoms with E-state index in [2.05, 4.69) is 19.2 Å². The van der Waals surface area contributed by atoms with Crippen LogP contribution < -0.4 is 10.2 Å². The molecule has 0 atom stereocenters. The second kappa shape index (κ2) is 6.72. The van der Waals surface area contributed by atoms with Crippen molar-refractivity contribution in [3.63, 3.8) is 0 Å². The van der Waals surface area contributed by atoms with E-state index < -0.39 is 5.97 Å². The highest BCUT2D eigenvalue weighted by molar-refractivity contribution is 5.96. The average Bonchev–Trinajstić information content (AvgIpc) is 2.86. The fourth-order valence-corrected chi connectivity index (χ4v) is 2.56. The molecular formula is C16H22N2O3. The summed E-state index contributed by atoms with van der Waals surface area (Å²) in [7, 11) is 0. The van der Waals surface area contributed by atoms with Crippen molar-refractivity contribution in [3.05, 3.63) is 29.3 Å². The molecule has 5 nitrogen and oxygen atoms in total. The van der Waals surface area contributed by atoms with Gasteiger partial charge in [0.25, 0.3) is 0 Å². The van der Waals surface area contributed by atoms with Crippen LogP contribution in [0.3, 0.4) is 0 Å². The van der Waals surface area contributed by atoms with E-state index in [0.29, 0.717) is 19.0 Å². The molecule has 1 aliphatic heterocycles. The molecule has 0 radical (unpaired) electrons. The Kier molecular flexibility index (Phi) is 4.96. The van der Waals surface area contributed by atoms with E-state index in [-0.39, 0.29) is 11.5 Å². The number of anilines is 1. The van der Waals surface area contributed by atoms with Gasteiger partial charge in [-0.25, -0.2) is 4.79 Å². The van der Waals surface area contributed by atoms with Gasteiger partial charge in [-0.05, 0) is 43.1 Å². The Labute approximate surface area is 125 Å². The molecule has 0 saturated carbocycles. The molecule has 21 heavy (non-hydrogen) atoms. The molecule has 0 bridgehead atoms. The van der Waals surface area contributed by atoms with Crippen LogP contribution in [0.2, 0.25) is 0 Å². The van der Waals surface area contributed by atoms with E-state index in [1.165, 1.54) is 0 Å². The van der Waals surface area contributed by atoms with Crippen LogP contribution in [-0.2, 0) is 11.2 Å². The number of hydrogen-bond donors (Lipinski definition) is 2. The zero-order valence-corrected chi connectivity index (χ0v) is 12.6. The molecule has 2 N–H and O–H groups in total. The van der Waals surface area contributed by atoms with Gasteiger partial charge in [0.1, 0.15) is 0 Å². The summed E-state index contributed by atoms with van der Waals surface area (Å²) in [6, 6.07) is 5.41. The van der Waals surface area contributed by atoms with Crippen molar-refractivity contribution in [2.24, 2.45) is 0 Å². The monoisotopic (exact) mass is 290 g/mol. The highest BCUT2D eigenvalue weighted by Crippen LogP contribution is 2.29. The molecule has 1 amide bonds. The summed E-state index contributed by atoms with van der Waals surface area (Å²) in [4.78, 5) is 25.0. The summed E-state index contributed by atoms with van der Waals surface area (Å²) in [6.07, 6.45) is 2.06. The molecule has 1 aliphatic rings. The third-order valence-corrected chi connectivity index (χ3v) is 3.64. The number of carboxylic acid groups (broad SMARTS) is 1. The lowest BCUT2D eigenvalue weighted by molar-refractivity contribution is -0.118. The number of rotatable bonds is 6. The molecule has 0 spiro atoms. The van der Waals surface area contributed by atoms with Crippen LogP contribution in [0.25, 0.3) is 0 Å². The Bertz CT molecular complexity index is 540. The van der Waals surface area contributed by atoms with Gasteiger partial charge in [-0.15, -0.1) is 0 Å². The second-order valence-corrected chi connectivity index (χ2v) is 5.66. The zero-order valence-electron chi connectivity index (χ0n) is 12.6. The Morgan fingerprint density at radius 1 is 1.38 bits per heavy atom. The molecule has 0 unspecified atom stereocenters. The summed E-state index contributed by atoms with van der Waals surface area (Å²) < 4.78 is 0. The first kappa shape index (κ1) is 15.5. The number of carbonyl (C=O) groups excluding carboxylic acids is 1. The van der Waals surface area contributed by atoms with Crippen molar-refractivity contribution in [3.8, 4) is 0 Å². The largest absolute Gasteiger partial charge is 0.478 e. The molecule has 1 aromatic rings. The second-order valence-electron chi connectivity index (χ2n) is 5.66. The van der Waals surface area contributed by atoms with Crippen LogP contribution in [0.4, 0.5) is 5.69 Å². The number of benzene rings is 1. The maximum absolute atomic E-state index is 12.3. The third-order valence-electron chi connectivity index (χ3n) is 3.64. The van der Waals surface area contributed by atoms with Gasteiger partial charge in [-0.3, -0.25) is 4.79 Å². The van der Waals surface area contributed by atoms with Crippen LogP contribution in [0.5, 0.6) is 0 Å². The lowest BCUT2D eigenvalue weighted by atomic mass is 10.1. The van der Waals surface area contributed by atoms with Gasteiger partial charge in [-0.2, -0.15) is 0 Å². The van der Waals surface area contributed by atoms with Gasteiger partial charge in [-0.1, -0.05) is 13.8 Å². The maximum Gasteiger partial charge on any atom is 0.335 e. The summed E-state index contributed by atoms with van der Waals surface area (Å²) in [5, 5.41) is 12.3. The van der Waals surface area contributed by atoms with Crippen molar-refractivity contribution in [2.45, 2.75) is 39.2 Å². The highest BCUT2D eigenvalue weighted by Gasteiger charge is 2.24. The topological polar surface area (TPSA) is 69.6 Å². The molecule has 0 aliphatic carbocycles. The predicted octanol–water partition coefficient (Wildman–Crippen LogP) is 2.05. The Morgan fingerprint density at radius 2 is 2.14 bits per heavy atom. The van der Waals surface area contributed by atoms with Gasteiger partial charge in [0.05, 0.1) is 5.56 Å². The molecular weight excluding hydrogens is 268 g/mol. The van der Waals surface area contributed by atoms with Crippen LogP contribution in [-0.4, -0.2) is 36.1 Å². The summed E-state index contributed by atoms with van der Waals surface area (Å²) in [5.74, 6) is -0.815. The van der Waals surface area contributed by atoms with Crippen LogP contribution in [0, 0.1) is 0 Å². The highest BCUT2D eigenvalue weighted by atomic mass is 16.4. The summed E-state index contributed by atoms with van der Waals surface area (Å²) in [5.41, 5.74) is 2.09. The Balaban J connectivity index is 1.95. The summed E-state index contributed by atoms with van der Waals surface area (Å²) in [6.45, 7) is 5.65. The third kappa shape index (κ3) is 3.82. The molecule has 0 saturated heterocycles. The van der Waals surface area contributed by atoms with E-state index in [1.807, 2.05) is 0 Å². The minimum Gasteiger partial charge on any atom is -0.478 e. The number of amides is 1. The number of fused-ring (bicyclic) bond motifs is 1. The van der Waals surface area contributed by atoms with Crippen molar-refractivity contribution >= 4 is 17.6 Å². The Morgan fingerprint density at radius 3 is 2.81 bits per heavy atom. The van der Waals surface area contributed by atoms with Crippen molar-refractivity contribution in [2.75, 3.05) is 18.0 Å². The minimum atomic E-state index is -0.928. The van der Waals surface area contributed by atoms with Gasteiger partial charge in [0, 0.05) is 24.7 Å².